The maximum atomic E-state index is 6.43. The summed E-state index contributed by atoms with van der Waals surface area (Å²) in [5.41, 5.74) is 10.4. The average Bonchev–Trinajstić information content (AvgIpc) is 3.21. The molecular formula is C30H17BN2. The van der Waals surface area contributed by atoms with Gasteiger partial charge in [0.25, 0.3) is 0 Å². The van der Waals surface area contributed by atoms with Crippen molar-refractivity contribution in [3.8, 4) is 44.5 Å². The summed E-state index contributed by atoms with van der Waals surface area (Å²) in [6.07, 6.45) is 7.57. The molecule has 1 aliphatic carbocycles. The molecule has 0 N–H and O–H groups in total. The lowest BCUT2D eigenvalue weighted by Gasteiger charge is -2.20. The quantitative estimate of drug-likeness (QED) is 0.299. The van der Waals surface area contributed by atoms with Crippen LogP contribution in [0.25, 0.3) is 66.1 Å². The number of benzene rings is 4. The molecule has 6 aromatic rings. The third-order valence-corrected chi connectivity index (χ3v) is 6.73. The maximum Gasteiger partial charge on any atom is 0.114 e. The summed E-state index contributed by atoms with van der Waals surface area (Å²) in [5.74, 6) is 0. The summed E-state index contributed by atoms with van der Waals surface area (Å²) in [6, 6.07) is 27.6. The highest BCUT2D eigenvalue weighted by atomic mass is 14.6. The second-order valence-electron chi connectivity index (χ2n) is 8.46. The van der Waals surface area contributed by atoms with Gasteiger partial charge in [-0.15, -0.1) is 0 Å². The zero-order valence-corrected chi connectivity index (χ0v) is 17.8. The van der Waals surface area contributed by atoms with Crippen LogP contribution in [-0.2, 0) is 0 Å². The molecule has 0 saturated heterocycles. The van der Waals surface area contributed by atoms with Gasteiger partial charge in [0.05, 0.1) is 0 Å². The van der Waals surface area contributed by atoms with Crippen LogP contribution >= 0.6 is 0 Å². The van der Waals surface area contributed by atoms with Crippen molar-refractivity contribution in [2.45, 2.75) is 0 Å². The van der Waals surface area contributed by atoms with E-state index in [0.717, 1.165) is 22.0 Å². The molecular weight excluding hydrogens is 399 g/mol. The van der Waals surface area contributed by atoms with Crippen LogP contribution in [0.3, 0.4) is 0 Å². The molecule has 0 bridgehead atoms. The number of pyridine rings is 2. The molecule has 0 spiro atoms. The number of hydrogen-bond donors (Lipinski definition) is 0. The van der Waals surface area contributed by atoms with E-state index in [0.29, 0.717) is 0 Å². The minimum atomic E-state index is 0.804. The summed E-state index contributed by atoms with van der Waals surface area (Å²) in [6.45, 7) is 0. The number of fused-ring (bicyclic) bond motifs is 4. The third-order valence-electron chi connectivity index (χ3n) is 6.73. The van der Waals surface area contributed by atoms with Crippen LogP contribution < -0.4 is 5.46 Å². The van der Waals surface area contributed by atoms with Gasteiger partial charge in [-0.1, -0.05) is 72.2 Å². The lowest BCUT2D eigenvalue weighted by Crippen LogP contribution is -2.02. The first kappa shape index (κ1) is 18.3. The summed E-state index contributed by atoms with van der Waals surface area (Å²) >= 11 is 0. The van der Waals surface area contributed by atoms with Crippen molar-refractivity contribution in [1.29, 1.82) is 0 Å². The number of hydrogen-bond acceptors (Lipinski definition) is 2. The van der Waals surface area contributed by atoms with Crippen LogP contribution in [0.2, 0.25) is 0 Å². The van der Waals surface area contributed by atoms with Crippen LogP contribution in [0.5, 0.6) is 0 Å². The first-order chi connectivity index (χ1) is 16.3. The predicted molar refractivity (Wildman–Crippen MR) is 138 cm³/mol. The Morgan fingerprint density at radius 2 is 1.06 bits per heavy atom. The van der Waals surface area contributed by atoms with Gasteiger partial charge in [-0.25, -0.2) is 0 Å². The highest BCUT2D eigenvalue weighted by molar-refractivity contribution is 6.41. The highest BCUT2D eigenvalue weighted by Crippen LogP contribution is 2.57. The molecule has 150 valence electrons. The lowest BCUT2D eigenvalue weighted by molar-refractivity contribution is 1.33. The molecule has 33 heavy (non-hydrogen) atoms. The Balaban J connectivity index is 1.78. The summed E-state index contributed by atoms with van der Waals surface area (Å²) in [4.78, 5) is 8.91. The van der Waals surface area contributed by atoms with E-state index < -0.39 is 0 Å². The fraction of sp³-hybridized carbons (Fsp3) is 0. The van der Waals surface area contributed by atoms with Crippen molar-refractivity contribution in [1.82, 2.24) is 9.97 Å². The van der Waals surface area contributed by atoms with E-state index in [1.165, 1.54) is 49.5 Å². The van der Waals surface area contributed by atoms with Crippen molar-refractivity contribution < 1.29 is 0 Å². The molecule has 0 aliphatic heterocycles. The number of nitrogens with zero attached hydrogens (tertiary/aromatic N) is 2. The molecule has 0 saturated carbocycles. The van der Waals surface area contributed by atoms with Crippen LogP contribution in [0.1, 0.15) is 0 Å². The molecule has 0 atom stereocenters. The van der Waals surface area contributed by atoms with Gasteiger partial charge < -0.3 is 0 Å². The maximum absolute atomic E-state index is 6.43. The first-order valence-electron chi connectivity index (χ1n) is 11.0. The monoisotopic (exact) mass is 416 g/mol. The van der Waals surface area contributed by atoms with Gasteiger partial charge in [0.2, 0.25) is 0 Å². The molecule has 0 amide bonds. The first-order valence-corrected chi connectivity index (χ1v) is 11.0. The predicted octanol–water partition coefficient (Wildman–Crippen LogP) is 6.56. The van der Waals surface area contributed by atoms with E-state index in [9.17, 15) is 0 Å². The van der Waals surface area contributed by atoms with Gasteiger partial charge in [-0.3, -0.25) is 9.97 Å². The molecule has 4 aromatic carbocycles. The molecule has 3 heteroatoms. The van der Waals surface area contributed by atoms with Gasteiger partial charge in [0, 0.05) is 35.9 Å². The van der Waals surface area contributed by atoms with Crippen LogP contribution in [0.15, 0.2) is 104 Å². The van der Waals surface area contributed by atoms with E-state index in [1.54, 1.807) is 0 Å². The van der Waals surface area contributed by atoms with E-state index in [4.69, 9.17) is 7.85 Å². The van der Waals surface area contributed by atoms with Crippen molar-refractivity contribution in [2.75, 3.05) is 0 Å². The van der Waals surface area contributed by atoms with E-state index in [2.05, 4.69) is 70.6 Å². The van der Waals surface area contributed by atoms with Gasteiger partial charge in [0.1, 0.15) is 7.85 Å². The topological polar surface area (TPSA) is 25.8 Å². The molecule has 2 nitrogen and oxygen atoms in total. The Bertz CT molecular complexity index is 1620. The lowest BCUT2D eigenvalue weighted by atomic mass is 9.83. The molecule has 7 rings (SSSR count). The zero-order valence-electron chi connectivity index (χ0n) is 17.8. The van der Waals surface area contributed by atoms with Gasteiger partial charge >= 0.3 is 0 Å². The Morgan fingerprint density at radius 3 is 1.64 bits per heavy atom. The SMILES string of the molecule is [B]c1ccc2c3c(cccc13)-c1c-2c(-c2cccnc2)c2ccccc2c1-c1cccnc1. The molecule has 2 aromatic heterocycles. The van der Waals surface area contributed by atoms with Crippen molar-refractivity contribution in [3.63, 3.8) is 0 Å². The molecule has 0 unspecified atom stereocenters. The summed E-state index contributed by atoms with van der Waals surface area (Å²) in [7, 11) is 6.43. The second-order valence-corrected chi connectivity index (χ2v) is 8.46. The number of rotatable bonds is 2. The minimum absolute atomic E-state index is 0.804. The summed E-state index contributed by atoms with van der Waals surface area (Å²) < 4.78 is 0. The van der Waals surface area contributed by atoms with Crippen LogP contribution in [-0.4, -0.2) is 17.8 Å². The van der Waals surface area contributed by atoms with E-state index in [-0.39, 0.29) is 0 Å². The molecule has 0 fully saturated rings. The van der Waals surface area contributed by atoms with Crippen molar-refractivity contribution >= 4 is 34.9 Å². The Kier molecular flexibility index (Phi) is 3.83. The minimum Gasteiger partial charge on any atom is -0.264 e. The van der Waals surface area contributed by atoms with Gasteiger partial charge in [-0.2, -0.15) is 0 Å². The van der Waals surface area contributed by atoms with E-state index >= 15 is 0 Å². The smallest absolute Gasteiger partial charge is 0.114 e. The molecule has 2 heterocycles. The Labute approximate surface area is 193 Å². The van der Waals surface area contributed by atoms with Gasteiger partial charge in [0.15, 0.2) is 0 Å². The van der Waals surface area contributed by atoms with Crippen LogP contribution in [0.4, 0.5) is 0 Å². The fourth-order valence-electron chi connectivity index (χ4n) is 5.44. The third kappa shape index (κ3) is 2.51. The number of aromatic nitrogens is 2. The average molecular weight is 416 g/mol. The highest BCUT2D eigenvalue weighted by Gasteiger charge is 2.30. The van der Waals surface area contributed by atoms with Crippen LogP contribution in [0, 0.1) is 0 Å². The van der Waals surface area contributed by atoms with E-state index in [1.807, 2.05) is 43.0 Å². The zero-order chi connectivity index (χ0) is 21.9. The molecule has 2 radical (unpaired) electrons. The Morgan fingerprint density at radius 1 is 0.485 bits per heavy atom. The standard InChI is InChI=1S/C30H17BN2/c31-25-13-12-24-28-22(25)10-3-11-23(28)29-26(18-6-4-14-32-16-18)20-8-1-2-9-21(20)27(30(24)29)19-7-5-15-33-17-19/h1-17H. The molecule has 1 aliphatic rings. The van der Waals surface area contributed by atoms with Gasteiger partial charge in [-0.05, 0) is 67.1 Å². The Hall–Kier alpha value is -4.24. The fourth-order valence-corrected chi connectivity index (χ4v) is 5.44. The normalized spacial score (nSPS) is 11.8. The van der Waals surface area contributed by atoms with Crippen molar-refractivity contribution in [2.24, 2.45) is 0 Å². The summed E-state index contributed by atoms with van der Waals surface area (Å²) in [5, 5.41) is 4.74. The largest absolute Gasteiger partial charge is 0.264 e. The van der Waals surface area contributed by atoms with Crippen molar-refractivity contribution in [3.05, 3.63) is 104 Å². The second kappa shape index (κ2) is 6.88.